The zero-order chi connectivity index (χ0) is 12.9. The van der Waals surface area contributed by atoms with E-state index in [4.69, 9.17) is 17.5 Å². The summed E-state index contributed by atoms with van der Waals surface area (Å²) in [7, 11) is 0. The van der Waals surface area contributed by atoms with Gasteiger partial charge in [0.25, 0.3) is 0 Å². The van der Waals surface area contributed by atoms with Crippen LogP contribution in [0, 0.1) is 22.0 Å². The van der Waals surface area contributed by atoms with Crippen molar-refractivity contribution in [2.45, 2.75) is 27.2 Å². The molecule has 0 spiro atoms. The van der Waals surface area contributed by atoms with Crippen molar-refractivity contribution in [3.8, 4) is 6.07 Å². The summed E-state index contributed by atoms with van der Waals surface area (Å²) in [4.78, 5) is 0. The number of thioether (sulfide) groups is 1. The van der Waals surface area contributed by atoms with Crippen LogP contribution in [0.25, 0.3) is 0 Å². The van der Waals surface area contributed by atoms with Gasteiger partial charge in [0, 0.05) is 42.3 Å². The molecule has 1 aromatic carbocycles. The molecule has 0 saturated heterocycles. The van der Waals surface area contributed by atoms with E-state index in [0.717, 1.165) is 16.2 Å². The van der Waals surface area contributed by atoms with Gasteiger partial charge in [0.05, 0.1) is 6.07 Å². The van der Waals surface area contributed by atoms with E-state index in [2.05, 4.69) is 6.07 Å². The van der Waals surface area contributed by atoms with E-state index in [1.54, 1.807) is 11.8 Å². The van der Waals surface area contributed by atoms with Crippen molar-refractivity contribution in [1.29, 1.82) is 5.26 Å². The molecule has 0 unspecified atom stereocenters. The monoisotopic (exact) mass is 351 g/mol. The Morgan fingerprint density at radius 1 is 1.39 bits per heavy atom. The van der Waals surface area contributed by atoms with E-state index in [9.17, 15) is 0 Å². The molecule has 0 bridgehead atoms. The van der Waals surface area contributed by atoms with E-state index < -0.39 is 0 Å². The van der Waals surface area contributed by atoms with Gasteiger partial charge in [-0.25, -0.2) is 0 Å². The van der Waals surface area contributed by atoms with Crippen molar-refractivity contribution < 1.29 is 32.7 Å². The second kappa shape index (κ2) is 8.43. The first kappa shape index (κ1) is 18.3. The van der Waals surface area contributed by atoms with E-state index in [0.29, 0.717) is 0 Å². The Morgan fingerprint density at radius 2 is 1.94 bits per heavy atom. The van der Waals surface area contributed by atoms with Crippen LogP contribution >= 0.6 is 24.0 Å². The molecule has 0 saturated carbocycles. The molecule has 0 N–H and O–H groups in total. The van der Waals surface area contributed by atoms with Gasteiger partial charge in [-0.05, 0) is 19.4 Å². The molecule has 0 aliphatic carbocycles. The van der Waals surface area contributed by atoms with Gasteiger partial charge in [-0.3, -0.25) is 5.25 Å². The van der Waals surface area contributed by atoms with Gasteiger partial charge in [-0.15, -0.1) is 6.42 Å². The number of nitrogens with zero attached hydrogens (tertiary/aromatic N) is 1. The summed E-state index contributed by atoms with van der Waals surface area (Å²) in [6, 6.07) is 12.3. The molecule has 0 amide bonds. The molecule has 0 heterocycles. The topological polar surface area (TPSA) is 23.8 Å². The maximum Gasteiger partial charge on any atom is 0.0657 e. The minimum absolute atomic E-state index is 0. The van der Waals surface area contributed by atoms with Crippen molar-refractivity contribution in [3.63, 3.8) is 0 Å². The van der Waals surface area contributed by atoms with Crippen LogP contribution in [-0.2, 0) is 32.7 Å². The fraction of sp³-hybridized carbons (Fsp3) is 0.357. The van der Waals surface area contributed by atoms with Crippen LogP contribution < -0.4 is 0 Å². The third-order valence-electron chi connectivity index (χ3n) is 2.27. The Balaban J connectivity index is 0.00000289. The third kappa shape index (κ3) is 6.43. The number of nitriles is 1. The zero-order valence-electron chi connectivity index (χ0n) is 10.9. The van der Waals surface area contributed by atoms with Crippen LogP contribution in [-0.4, -0.2) is 4.20 Å². The fourth-order valence-corrected chi connectivity index (χ4v) is 3.06. The summed E-state index contributed by atoms with van der Waals surface area (Å²) in [5.41, 5.74) is 0.755. The number of hydrogen-bond acceptors (Lipinski definition) is 3. The van der Waals surface area contributed by atoms with Gasteiger partial charge in [0.15, 0.2) is 0 Å². The molecule has 1 rings (SSSR count). The third-order valence-corrected chi connectivity index (χ3v) is 3.67. The standard InChI is InChI=1S/C14H16NS2.Y/c1-11(9-14(2,3)10-15)17-13(16)12-7-5-4-6-8-12;/h4-8H,9H2,1-3H3;/q-1;. The van der Waals surface area contributed by atoms with Gasteiger partial charge >= 0.3 is 0 Å². The Hall–Kier alpha value is 0.254. The van der Waals surface area contributed by atoms with E-state index in [1.807, 2.05) is 51.1 Å². The van der Waals surface area contributed by atoms with E-state index in [-0.39, 0.29) is 38.1 Å². The maximum absolute atomic E-state index is 8.99. The summed E-state index contributed by atoms with van der Waals surface area (Å²) >= 11 is 6.97. The Labute approximate surface area is 145 Å². The summed E-state index contributed by atoms with van der Waals surface area (Å²) in [5.74, 6) is 0. The number of rotatable bonds is 4. The first-order valence-corrected chi connectivity index (χ1v) is 6.68. The van der Waals surface area contributed by atoms with Crippen molar-refractivity contribution >= 4 is 28.2 Å². The first-order valence-electron chi connectivity index (χ1n) is 5.45. The SMILES string of the molecule is C[C-](CC(C)(C)C#N)SC(=S)c1ccccc1.[Y]. The molecule has 93 valence electrons. The van der Waals surface area contributed by atoms with Gasteiger partial charge in [-0.2, -0.15) is 12.2 Å². The van der Waals surface area contributed by atoms with Crippen LogP contribution in [0.2, 0.25) is 0 Å². The van der Waals surface area contributed by atoms with Crippen LogP contribution in [0.15, 0.2) is 30.3 Å². The van der Waals surface area contributed by atoms with Gasteiger partial charge < -0.3 is 11.8 Å². The van der Waals surface area contributed by atoms with Crippen molar-refractivity contribution in [3.05, 3.63) is 41.1 Å². The molecule has 0 aromatic heterocycles. The van der Waals surface area contributed by atoms with Gasteiger partial charge in [0.1, 0.15) is 0 Å². The molecular weight excluding hydrogens is 335 g/mol. The van der Waals surface area contributed by atoms with Crippen LogP contribution in [0.4, 0.5) is 0 Å². The minimum atomic E-state index is -0.316. The summed E-state index contributed by atoms with van der Waals surface area (Å²) in [5, 5.41) is 10.2. The molecule has 18 heavy (non-hydrogen) atoms. The van der Waals surface area contributed by atoms with Crippen molar-refractivity contribution in [2.24, 2.45) is 5.41 Å². The number of thiocarbonyl (C=S) groups is 1. The molecule has 0 fully saturated rings. The number of hydrogen-bond donors (Lipinski definition) is 0. The molecule has 0 atom stereocenters. The Bertz CT molecular complexity index is 423. The van der Waals surface area contributed by atoms with Crippen LogP contribution in [0.5, 0.6) is 0 Å². The second-order valence-corrected chi connectivity index (χ2v) is 6.61. The quantitative estimate of drug-likeness (QED) is 0.586. The average molecular weight is 351 g/mol. The predicted molar refractivity (Wildman–Crippen MR) is 78.7 cm³/mol. The molecule has 1 nitrogen and oxygen atoms in total. The summed E-state index contributed by atoms with van der Waals surface area (Å²) in [6.45, 7) is 5.93. The van der Waals surface area contributed by atoms with Crippen LogP contribution in [0.3, 0.4) is 0 Å². The normalized spacial score (nSPS) is 10.6. The minimum Gasteiger partial charge on any atom is -0.301 e. The molecule has 1 radical (unpaired) electrons. The molecule has 0 aliphatic heterocycles. The largest absolute Gasteiger partial charge is 0.301 e. The molecule has 4 heteroatoms. The van der Waals surface area contributed by atoms with Gasteiger partial charge in [-0.1, -0.05) is 42.5 Å². The van der Waals surface area contributed by atoms with Crippen molar-refractivity contribution in [2.75, 3.05) is 0 Å². The second-order valence-electron chi connectivity index (χ2n) is 4.63. The van der Waals surface area contributed by atoms with E-state index >= 15 is 0 Å². The first-order chi connectivity index (χ1) is 7.94. The predicted octanol–water partition coefficient (Wildman–Crippen LogP) is 4.58. The average Bonchev–Trinajstić information content (AvgIpc) is 2.29. The summed E-state index contributed by atoms with van der Waals surface area (Å²) < 4.78 is 0.872. The van der Waals surface area contributed by atoms with Crippen LogP contribution in [0.1, 0.15) is 32.8 Å². The molecular formula is C14H16NS2Y-. The van der Waals surface area contributed by atoms with Gasteiger partial charge in [0.2, 0.25) is 0 Å². The Morgan fingerprint density at radius 3 is 2.44 bits per heavy atom. The fourth-order valence-electron chi connectivity index (χ4n) is 1.49. The van der Waals surface area contributed by atoms with Crippen molar-refractivity contribution in [1.82, 2.24) is 0 Å². The Kier molecular flexibility index (Phi) is 8.55. The zero-order valence-corrected chi connectivity index (χ0v) is 15.4. The number of benzene rings is 1. The maximum atomic E-state index is 8.99. The molecule has 0 aliphatic rings. The smallest absolute Gasteiger partial charge is 0.0657 e. The van der Waals surface area contributed by atoms with E-state index in [1.165, 1.54) is 5.25 Å². The summed E-state index contributed by atoms with van der Waals surface area (Å²) in [6.07, 6.45) is 0.765. The molecule has 1 aromatic rings.